The number of carbonyl (C=O) groups excluding carboxylic acids is 1. The fourth-order valence-corrected chi connectivity index (χ4v) is 1.64. The van der Waals surface area contributed by atoms with Crippen LogP contribution in [-0.4, -0.2) is 12.6 Å². The van der Waals surface area contributed by atoms with Crippen molar-refractivity contribution in [2.24, 2.45) is 0 Å². The first-order valence-electron chi connectivity index (χ1n) is 5.68. The van der Waals surface area contributed by atoms with E-state index in [0.717, 1.165) is 10.3 Å². The number of hydrogen-bond donors (Lipinski definition) is 0. The van der Waals surface area contributed by atoms with Gasteiger partial charge in [0.15, 0.2) is 6.20 Å². The van der Waals surface area contributed by atoms with Gasteiger partial charge < -0.3 is 9.94 Å². The molecule has 2 rings (SSSR count). The number of carbonyl (C=O) groups is 1. The van der Waals surface area contributed by atoms with Gasteiger partial charge in [0, 0.05) is 17.7 Å². The summed E-state index contributed by atoms with van der Waals surface area (Å²) in [6.07, 6.45) is 1.44. The lowest BCUT2D eigenvalue weighted by Crippen LogP contribution is -2.27. The third-order valence-corrected chi connectivity index (χ3v) is 2.52. The molecule has 4 nitrogen and oxygen atoms in total. The second-order valence-electron chi connectivity index (χ2n) is 3.71. The van der Waals surface area contributed by atoms with Crippen LogP contribution in [0.2, 0.25) is 0 Å². The molecule has 18 heavy (non-hydrogen) atoms. The molecule has 0 unspecified atom stereocenters. The largest absolute Gasteiger partial charge is 0.618 e. The Morgan fingerprint density at radius 3 is 2.56 bits per heavy atom. The summed E-state index contributed by atoms with van der Waals surface area (Å²) in [6.45, 7) is 2.11. The minimum absolute atomic E-state index is 0.347. The topological polar surface area (TPSA) is 53.2 Å². The highest BCUT2D eigenvalue weighted by molar-refractivity contribution is 5.89. The van der Waals surface area contributed by atoms with Crippen molar-refractivity contribution in [3.8, 4) is 11.3 Å². The van der Waals surface area contributed by atoms with Gasteiger partial charge in [0.2, 0.25) is 5.69 Å². The molecule has 0 aliphatic carbocycles. The fraction of sp³-hybridized carbons (Fsp3) is 0.143. The normalized spacial score (nSPS) is 10.1. The molecule has 0 fully saturated rings. The minimum atomic E-state index is -0.355. The molecule has 1 aromatic heterocycles. The summed E-state index contributed by atoms with van der Waals surface area (Å²) in [5, 5.41) is 11.6. The maximum atomic E-state index is 11.6. The van der Waals surface area contributed by atoms with E-state index in [1.807, 2.05) is 0 Å². The van der Waals surface area contributed by atoms with Crippen molar-refractivity contribution >= 4 is 5.97 Å². The first-order chi connectivity index (χ1) is 8.72. The SMILES string of the molecule is CCOC(=O)c1ccc(-c2cccc[n+]2[O-])cc1. The predicted molar refractivity (Wildman–Crippen MR) is 66.8 cm³/mol. The summed E-state index contributed by atoms with van der Waals surface area (Å²) < 4.78 is 5.68. The zero-order valence-corrected chi connectivity index (χ0v) is 10.00. The Morgan fingerprint density at radius 1 is 1.22 bits per heavy atom. The smallest absolute Gasteiger partial charge is 0.338 e. The number of rotatable bonds is 3. The van der Waals surface area contributed by atoms with Crippen LogP contribution in [0.25, 0.3) is 11.3 Å². The van der Waals surface area contributed by atoms with E-state index < -0.39 is 0 Å². The van der Waals surface area contributed by atoms with Gasteiger partial charge in [-0.05, 0) is 37.3 Å². The highest BCUT2D eigenvalue weighted by Crippen LogP contribution is 2.16. The first-order valence-corrected chi connectivity index (χ1v) is 5.68. The second kappa shape index (κ2) is 5.31. The van der Waals surface area contributed by atoms with Crippen LogP contribution in [0, 0.1) is 5.21 Å². The van der Waals surface area contributed by atoms with E-state index in [1.54, 1.807) is 49.4 Å². The van der Waals surface area contributed by atoms with Crippen molar-refractivity contribution < 1.29 is 14.3 Å². The van der Waals surface area contributed by atoms with Crippen LogP contribution < -0.4 is 4.73 Å². The van der Waals surface area contributed by atoms with E-state index in [1.165, 1.54) is 6.20 Å². The summed E-state index contributed by atoms with van der Waals surface area (Å²) in [7, 11) is 0. The molecule has 4 heteroatoms. The monoisotopic (exact) mass is 243 g/mol. The molecule has 0 spiro atoms. The number of pyridine rings is 1. The molecular weight excluding hydrogens is 230 g/mol. The number of benzene rings is 1. The Balaban J connectivity index is 2.28. The minimum Gasteiger partial charge on any atom is -0.618 e. The van der Waals surface area contributed by atoms with Crippen LogP contribution in [0.3, 0.4) is 0 Å². The lowest BCUT2D eigenvalue weighted by atomic mass is 10.1. The lowest BCUT2D eigenvalue weighted by molar-refractivity contribution is -0.593. The Bertz CT molecular complexity index is 549. The van der Waals surface area contributed by atoms with Gasteiger partial charge in [0.1, 0.15) is 0 Å². The average molecular weight is 243 g/mol. The highest BCUT2D eigenvalue weighted by Gasteiger charge is 2.10. The van der Waals surface area contributed by atoms with Gasteiger partial charge in [-0.2, -0.15) is 4.73 Å². The summed E-state index contributed by atoms with van der Waals surface area (Å²) in [4.78, 5) is 11.5. The highest BCUT2D eigenvalue weighted by atomic mass is 16.5. The second-order valence-corrected chi connectivity index (χ2v) is 3.71. The summed E-state index contributed by atoms with van der Waals surface area (Å²) in [6, 6.07) is 12.0. The van der Waals surface area contributed by atoms with Gasteiger partial charge in [0.05, 0.1) is 12.2 Å². The van der Waals surface area contributed by atoms with Crippen molar-refractivity contribution in [3.05, 3.63) is 59.4 Å². The van der Waals surface area contributed by atoms with Crippen molar-refractivity contribution in [2.45, 2.75) is 6.92 Å². The Morgan fingerprint density at radius 2 is 1.94 bits per heavy atom. The molecule has 0 atom stereocenters. The predicted octanol–water partition coefficient (Wildman–Crippen LogP) is 2.16. The van der Waals surface area contributed by atoms with E-state index in [9.17, 15) is 10.0 Å². The van der Waals surface area contributed by atoms with Crippen molar-refractivity contribution in [1.29, 1.82) is 0 Å². The van der Waals surface area contributed by atoms with Crippen LogP contribution >= 0.6 is 0 Å². The number of hydrogen-bond acceptors (Lipinski definition) is 3. The standard InChI is InChI=1S/C14H13NO3/c1-2-18-14(16)12-8-6-11(7-9-12)13-5-3-4-10-15(13)17/h3-10H,2H2,1H3. The van der Waals surface area contributed by atoms with E-state index in [0.29, 0.717) is 17.9 Å². The van der Waals surface area contributed by atoms with Gasteiger partial charge in [0.25, 0.3) is 0 Å². The van der Waals surface area contributed by atoms with E-state index in [4.69, 9.17) is 4.74 Å². The molecule has 0 N–H and O–H groups in total. The van der Waals surface area contributed by atoms with Crippen LogP contribution in [0.1, 0.15) is 17.3 Å². The zero-order valence-electron chi connectivity index (χ0n) is 10.00. The van der Waals surface area contributed by atoms with Crippen LogP contribution in [0.4, 0.5) is 0 Å². The van der Waals surface area contributed by atoms with E-state index in [2.05, 4.69) is 0 Å². The molecule has 0 aliphatic rings. The molecule has 0 saturated heterocycles. The molecule has 0 bridgehead atoms. The van der Waals surface area contributed by atoms with Crippen LogP contribution in [0.15, 0.2) is 48.7 Å². The summed E-state index contributed by atoms with van der Waals surface area (Å²) in [5.41, 5.74) is 1.79. The first kappa shape index (κ1) is 12.1. The summed E-state index contributed by atoms with van der Waals surface area (Å²) >= 11 is 0. The molecule has 0 aliphatic heterocycles. The van der Waals surface area contributed by atoms with Gasteiger partial charge in [-0.1, -0.05) is 0 Å². The van der Waals surface area contributed by atoms with Gasteiger partial charge in [-0.3, -0.25) is 0 Å². The molecule has 0 radical (unpaired) electrons. The van der Waals surface area contributed by atoms with E-state index >= 15 is 0 Å². The third-order valence-electron chi connectivity index (χ3n) is 2.52. The Kier molecular flexibility index (Phi) is 3.57. The lowest BCUT2D eigenvalue weighted by Gasteiger charge is -2.05. The maximum Gasteiger partial charge on any atom is 0.338 e. The molecule has 1 aromatic carbocycles. The van der Waals surface area contributed by atoms with Gasteiger partial charge in [-0.25, -0.2) is 4.79 Å². The van der Waals surface area contributed by atoms with E-state index in [-0.39, 0.29) is 5.97 Å². The molecule has 92 valence electrons. The quantitative estimate of drug-likeness (QED) is 0.471. The molecule has 0 saturated carbocycles. The Hall–Kier alpha value is -2.36. The Labute approximate surface area is 105 Å². The maximum absolute atomic E-state index is 11.6. The molecule has 2 aromatic rings. The van der Waals surface area contributed by atoms with Crippen molar-refractivity contribution in [3.63, 3.8) is 0 Å². The zero-order chi connectivity index (χ0) is 13.0. The van der Waals surface area contributed by atoms with Crippen molar-refractivity contribution in [2.75, 3.05) is 6.61 Å². The number of nitrogens with zero attached hydrogens (tertiary/aromatic N) is 1. The number of aromatic nitrogens is 1. The van der Waals surface area contributed by atoms with Crippen LogP contribution in [0.5, 0.6) is 0 Å². The molecule has 1 heterocycles. The summed E-state index contributed by atoms with van der Waals surface area (Å²) in [5.74, 6) is -0.355. The third kappa shape index (κ3) is 2.48. The van der Waals surface area contributed by atoms with Gasteiger partial charge in [-0.15, -0.1) is 0 Å². The fourth-order valence-electron chi connectivity index (χ4n) is 1.64. The molecule has 0 amide bonds. The average Bonchev–Trinajstić information content (AvgIpc) is 2.40. The van der Waals surface area contributed by atoms with Gasteiger partial charge >= 0.3 is 5.97 Å². The van der Waals surface area contributed by atoms with Crippen molar-refractivity contribution in [1.82, 2.24) is 0 Å². The number of ether oxygens (including phenoxy) is 1. The molecular formula is C14H13NO3. The number of esters is 1. The van der Waals surface area contributed by atoms with Crippen LogP contribution in [-0.2, 0) is 4.74 Å².